The molecule has 1 atom stereocenters. The van der Waals surface area contributed by atoms with Gasteiger partial charge in [0.25, 0.3) is 5.91 Å². The predicted molar refractivity (Wildman–Crippen MR) is 88.6 cm³/mol. The van der Waals surface area contributed by atoms with Crippen molar-refractivity contribution >= 4 is 43.5 Å². The molecule has 2 aromatic carbocycles. The van der Waals surface area contributed by atoms with Crippen molar-refractivity contribution in [1.29, 1.82) is 0 Å². The van der Waals surface area contributed by atoms with Gasteiger partial charge in [-0.25, -0.2) is 0 Å². The standard InChI is InChI=1S/C15H14Br2N2O/c1-9(10-2-4-12(16)5-3-10)19-15(20)11-6-13(17)8-14(18)7-11/h2-9H,18H2,1H3,(H,19,20)/t9-/m0/s1. The molecule has 5 heteroatoms. The number of nitrogens with two attached hydrogens (primary N) is 1. The van der Waals surface area contributed by atoms with E-state index >= 15 is 0 Å². The average molecular weight is 398 g/mol. The van der Waals surface area contributed by atoms with Crippen molar-refractivity contribution in [3.63, 3.8) is 0 Å². The molecule has 0 aromatic heterocycles. The number of carbonyl (C=O) groups excluding carboxylic acids is 1. The highest BCUT2D eigenvalue weighted by Gasteiger charge is 2.12. The van der Waals surface area contributed by atoms with E-state index in [-0.39, 0.29) is 11.9 Å². The summed E-state index contributed by atoms with van der Waals surface area (Å²) in [5.74, 6) is -0.145. The molecule has 104 valence electrons. The van der Waals surface area contributed by atoms with E-state index in [4.69, 9.17) is 5.73 Å². The lowest BCUT2D eigenvalue weighted by Gasteiger charge is -2.15. The summed E-state index contributed by atoms with van der Waals surface area (Å²) in [6.45, 7) is 1.95. The third-order valence-corrected chi connectivity index (χ3v) is 3.89. The van der Waals surface area contributed by atoms with Gasteiger partial charge in [0.2, 0.25) is 0 Å². The smallest absolute Gasteiger partial charge is 0.251 e. The van der Waals surface area contributed by atoms with Crippen LogP contribution in [0.1, 0.15) is 28.9 Å². The lowest BCUT2D eigenvalue weighted by Crippen LogP contribution is -2.26. The van der Waals surface area contributed by atoms with Gasteiger partial charge in [-0.3, -0.25) is 4.79 Å². The molecular formula is C15H14Br2N2O. The van der Waals surface area contributed by atoms with Gasteiger partial charge >= 0.3 is 0 Å². The second-order valence-corrected chi connectivity index (χ2v) is 6.35. The summed E-state index contributed by atoms with van der Waals surface area (Å²) in [7, 11) is 0. The molecule has 20 heavy (non-hydrogen) atoms. The Hall–Kier alpha value is -1.33. The van der Waals surface area contributed by atoms with Crippen LogP contribution >= 0.6 is 31.9 Å². The van der Waals surface area contributed by atoms with Crippen LogP contribution in [0.15, 0.2) is 51.4 Å². The number of nitrogens with one attached hydrogen (secondary N) is 1. The second kappa shape index (κ2) is 6.41. The van der Waals surface area contributed by atoms with Crippen LogP contribution in [0, 0.1) is 0 Å². The minimum Gasteiger partial charge on any atom is -0.399 e. The molecule has 0 bridgehead atoms. The molecule has 0 radical (unpaired) electrons. The van der Waals surface area contributed by atoms with E-state index in [1.807, 2.05) is 31.2 Å². The number of hydrogen-bond donors (Lipinski definition) is 2. The number of halogens is 2. The van der Waals surface area contributed by atoms with Gasteiger partial charge in [0.1, 0.15) is 0 Å². The van der Waals surface area contributed by atoms with Crippen molar-refractivity contribution < 1.29 is 4.79 Å². The number of nitrogen functional groups attached to an aromatic ring is 1. The van der Waals surface area contributed by atoms with Crippen LogP contribution in [0.5, 0.6) is 0 Å². The van der Waals surface area contributed by atoms with E-state index in [1.54, 1.807) is 18.2 Å². The van der Waals surface area contributed by atoms with Crippen LogP contribution in [0.3, 0.4) is 0 Å². The Morgan fingerprint density at radius 2 is 1.75 bits per heavy atom. The number of anilines is 1. The zero-order valence-electron chi connectivity index (χ0n) is 10.9. The lowest BCUT2D eigenvalue weighted by molar-refractivity contribution is 0.0940. The lowest BCUT2D eigenvalue weighted by atomic mass is 10.1. The molecule has 1 amide bonds. The Labute approximate surface area is 134 Å². The van der Waals surface area contributed by atoms with Crippen molar-refractivity contribution in [3.8, 4) is 0 Å². The molecule has 0 aliphatic rings. The Bertz CT molecular complexity index is 606. The Morgan fingerprint density at radius 1 is 1.10 bits per heavy atom. The summed E-state index contributed by atoms with van der Waals surface area (Å²) >= 11 is 6.73. The first-order valence-corrected chi connectivity index (χ1v) is 7.66. The van der Waals surface area contributed by atoms with E-state index < -0.39 is 0 Å². The summed E-state index contributed by atoms with van der Waals surface area (Å²) < 4.78 is 1.80. The molecule has 0 heterocycles. The first-order chi connectivity index (χ1) is 9.45. The maximum Gasteiger partial charge on any atom is 0.251 e. The fraction of sp³-hybridized carbons (Fsp3) is 0.133. The maximum atomic E-state index is 12.2. The van der Waals surface area contributed by atoms with Crippen LogP contribution in [-0.2, 0) is 0 Å². The van der Waals surface area contributed by atoms with Crippen molar-refractivity contribution in [2.75, 3.05) is 5.73 Å². The van der Waals surface area contributed by atoms with Crippen molar-refractivity contribution in [1.82, 2.24) is 5.32 Å². The zero-order chi connectivity index (χ0) is 14.7. The molecular weight excluding hydrogens is 384 g/mol. The molecule has 0 saturated heterocycles. The third kappa shape index (κ3) is 3.84. The SMILES string of the molecule is C[C@H](NC(=O)c1cc(N)cc(Br)c1)c1ccc(Br)cc1. The van der Waals surface area contributed by atoms with Gasteiger partial charge in [-0.15, -0.1) is 0 Å². The summed E-state index contributed by atoms with van der Waals surface area (Å²) in [4.78, 5) is 12.2. The van der Waals surface area contributed by atoms with E-state index in [1.165, 1.54) is 0 Å². The van der Waals surface area contributed by atoms with Gasteiger partial charge in [-0.05, 0) is 42.8 Å². The number of benzene rings is 2. The molecule has 0 aliphatic heterocycles. The van der Waals surface area contributed by atoms with Crippen molar-refractivity contribution in [2.24, 2.45) is 0 Å². The van der Waals surface area contributed by atoms with Gasteiger partial charge < -0.3 is 11.1 Å². The van der Waals surface area contributed by atoms with Gasteiger partial charge in [0.05, 0.1) is 6.04 Å². The van der Waals surface area contributed by atoms with Crippen LogP contribution in [0.4, 0.5) is 5.69 Å². The predicted octanol–water partition coefficient (Wildman–Crippen LogP) is 4.28. The maximum absolute atomic E-state index is 12.2. The molecule has 2 aromatic rings. The number of rotatable bonds is 3. The normalized spacial score (nSPS) is 11.9. The van der Waals surface area contributed by atoms with Crippen molar-refractivity contribution in [2.45, 2.75) is 13.0 Å². The third-order valence-electron chi connectivity index (χ3n) is 2.90. The zero-order valence-corrected chi connectivity index (χ0v) is 14.0. The molecule has 0 aliphatic carbocycles. The summed E-state index contributed by atoms with van der Waals surface area (Å²) in [6.07, 6.45) is 0. The van der Waals surface area contributed by atoms with Crippen molar-refractivity contribution in [3.05, 3.63) is 62.5 Å². The van der Waals surface area contributed by atoms with Crippen LogP contribution in [-0.4, -0.2) is 5.91 Å². The minimum absolute atomic E-state index is 0.0733. The Kier molecular flexibility index (Phi) is 4.83. The Morgan fingerprint density at radius 3 is 2.35 bits per heavy atom. The van der Waals surface area contributed by atoms with Gasteiger partial charge in [-0.1, -0.05) is 44.0 Å². The molecule has 3 N–H and O–H groups in total. The average Bonchev–Trinajstić information content (AvgIpc) is 2.38. The highest BCUT2D eigenvalue weighted by atomic mass is 79.9. The molecule has 0 unspecified atom stereocenters. The molecule has 0 fully saturated rings. The quantitative estimate of drug-likeness (QED) is 0.759. The highest BCUT2D eigenvalue weighted by molar-refractivity contribution is 9.10. The number of hydrogen-bond acceptors (Lipinski definition) is 2. The molecule has 0 saturated carbocycles. The first kappa shape index (κ1) is 15.1. The minimum atomic E-state index is -0.145. The Balaban J connectivity index is 2.12. The monoisotopic (exact) mass is 396 g/mol. The van der Waals surface area contributed by atoms with E-state index in [9.17, 15) is 4.79 Å². The number of carbonyl (C=O) groups is 1. The first-order valence-electron chi connectivity index (χ1n) is 6.08. The fourth-order valence-corrected chi connectivity index (χ4v) is 2.63. The van der Waals surface area contributed by atoms with Gasteiger partial charge in [0, 0.05) is 20.2 Å². The van der Waals surface area contributed by atoms with E-state index in [0.29, 0.717) is 11.3 Å². The van der Waals surface area contributed by atoms with Crippen LogP contribution in [0.25, 0.3) is 0 Å². The van der Waals surface area contributed by atoms with Crippen LogP contribution in [0.2, 0.25) is 0 Å². The largest absolute Gasteiger partial charge is 0.399 e. The summed E-state index contributed by atoms with van der Waals surface area (Å²) in [5, 5.41) is 2.96. The molecule has 2 rings (SSSR count). The topological polar surface area (TPSA) is 55.1 Å². The highest BCUT2D eigenvalue weighted by Crippen LogP contribution is 2.20. The fourth-order valence-electron chi connectivity index (χ4n) is 1.86. The number of amides is 1. The summed E-state index contributed by atoms with van der Waals surface area (Å²) in [5.41, 5.74) is 7.89. The molecule has 3 nitrogen and oxygen atoms in total. The van der Waals surface area contributed by atoms with Gasteiger partial charge in [0.15, 0.2) is 0 Å². The van der Waals surface area contributed by atoms with Gasteiger partial charge in [-0.2, -0.15) is 0 Å². The van der Waals surface area contributed by atoms with Crippen LogP contribution < -0.4 is 11.1 Å². The van der Waals surface area contributed by atoms with E-state index in [0.717, 1.165) is 14.5 Å². The summed E-state index contributed by atoms with van der Waals surface area (Å²) in [6, 6.07) is 13.0. The molecule has 0 spiro atoms. The second-order valence-electron chi connectivity index (χ2n) is 4.52. The van der Waals surface area contributed by atoms with E-state index in [2.05, 4.69) is 37.2 Å².